The zero-order chi connectivity index (χ0) is 15.2. The van der Waals surface area contributed by atoms with Gasteiger partial charge in [0.1, 0.15) is 0 Å². The van der Waals surface area contributed by atoms with E-state index in [0.29, 0.717) is 18.9 Å². The number of carboxylic acids is 1. The predicted octanol–water partition coefficient (Wildman–Crippen LogP) is 1.73. The maximum Gasteiger partial charge on any atom is 0.307 e. The first-order chi connectivity index (χ1) is 10.1. The molecule has 1 aliphatic heterocycles. The van der Waals surface area contributed by atoms with Gasteiger partial charge in [-0.15, -0.1) is 0 Å². The molecule has 5 heteroatoms. The van der Waals surface area contributed by atoms with Gasteiger partial charge in [0, 0.05) is 6.54 Å². The second-order valence-corrected chi connectivity index (χ2v) is 6.49. The third-order valence-corrected chi connectivity index (χ3v) is 5.04. The van der Waals surface area contributed by atoms with Crippen molar-refractivity contribution >= 4 is 11.9 Å². The molecule has 1 saturated carbocycles. The Bertz CT molecular complexity index is 367. The van der Waals surface area contributed by atoms with Crippen molar-refractivity contribution in [1.82, 2.24) is 10.2 Å². The fourth-order valence-electron chi connectivity index (χ4n) is 3.69. The highest BCUT2D eigenvalue weighted by atomic mass is 16.4. The van der Waals surface area contributed by atoms with Crippen molar-refractivity contribution in [3.05, 3.63) is 0 Å². The highest BCUT2D eigenvalue weighted by molar-refractivity contribution is 5.85. The van der Waals surface area contributed by atoms with Crippen LogP contribution in [0.1, 0.15) is 45.4 Å². The molecule has 1 amide bonds. The predicted molar refractivity (Wildman–Crippen MR) is 80.9 cm³/mol. The monoisotopic (exact) mass is 296 g/mol. The summed E-state index contributed by atoms with van der Waals surface area (Å²) in [5, 5.41) is 12.2. The molecule has 0 aromatic heterocycles. The lowest BCUT2D eigenvalue weighted by Crippen LogP contribution is -2.36. The van der Waals surface area contributed by atoms with E-state index in [0.717, 1.165) is 25.8 Å². The van der Waals surface area contributed by atoms with Crippen molar-refractivity contribution in [2.45, 2.75) is 45.4 Å². The number of hydrogen-bond acceptors (Lipinski definition) is 3. The average molecular weight is 296 g/mol. The van der Waals surface area contributed by atoms with E-state index in [-0.39, 0.29) is 11.8 Å². The summed E-state index contributed by atoms with van der Waals surface area (Å²) in [4.78, 5) is 26.0. The number of likely N-dealkylation sites (tertiary alicyclic amines) is 1. The first-order valence-corrected chi connectivity index (χ1v) is 8.34. The molecule has 1 saturated heterocycles. The average Bonchev–Trinajstić information content (AvgIpc) is 3.12. The Morgan fingerprint density at radius 3 is 2.48 bits per heavy atom. The Hall–Kier alpha value is -1.10. The summed E-state index contributed by atoms with van der Waals surface area (Å²) in [5.74, 6) is -1.32. The zero-order valence-electron chi connectivity index (χ0n) is 13.0. The normalized spacial score (nSPS) is 29.7. The van der Waals surface area contributed by atoms with Crippen molar-refractivity contribution in [1.29, 1.82) is 0 Å². The third kappa shape index (κ3) is 4.43. The minimum absolute atomic E-state index is 0.0558. The molecular formula is C16H28N2O3. The largest absolute Gasteiger partial charge is 0.481 e. The highest BCUT2D eigenvalue weighted by Gasteiger charge is 2.41. The molecule has 1 aliphatic carbocycles. The molecule has 5 nitrogen and oxygen atoms in total. The Morgan fingerprint density at radius 2 is 1.86 bits per heavy atom. The second-order valence-electron chi connectivity index (χ2n) is 6.49. The van der Waals surface area contributed by atoms with Gasteiger partial charge >= 0.3 is 5.97 Å². The van der Waals surface area contributed by atoms with Crippen LogP contribution in [0.5, 0.6) is 0 Å². The van der Waals surface area contributed by atoms with Gasteiger partial charge < -0.3 is 15.3 Å². The first-order valence-electron chi connectivity index (χ1n) is 8.34. The standard InChI is InChI=1S/C16H28N2O3/c1-2-12-10-13(14(11-12)16(20)21)15(19)17-6-5-9-18-7-3-4-8-18/h12-14H,2-11H2,1H3,(H,17,19)(H,20,21). The Kier molecular flexibility index (Phi) is 6.03. The van der Waals surface area contributed by atoms with Crippen LogP contribution in [0, 0.1) is 17.8 Å². The maximum atomic E-state index is 12.2. The first kappa shape index (κ1) is 16.3. The summed E-state index contributed by atoms with van der Waals surface area (Å²) < 4.78 is 0. The molecule has 0 aromatic rings. The van der Waals surface area contributed by atoms with Gasteiger partial charge in [-0.25, -0.2) is 0 Å². The summed E-state index contributed by atoms with van der Waals surface area (Å²) in [6.07, 6.45) is 5.86. The van der Waals surface area contributed by atoms with Gasteiger partial charge in [-0.3, -0.25) is 9.59 Å². The minimum atomic E-state index is -0.817. The van der Waals surface area contributed by atoms with E-state index < -0.39 is 11.9 Å². The van der Waals surface area contributed by atoms with Crippen LogP contribution in [0.3, 0.4) is 0 Å². The smallest absolute Gasteiger partial charge is 0.307 e. The third-order valence-electron chi connectivity index (χ3n) is 5.04. The number of nitrogens with one attached hydrogen (secondary N) is 1. The van der Waals surface area contributed by atoms with E-state index in [9.17, 15) is 14.7 Å². The minimum Gasteiger partial charge on any atom is -0.481 e. The lowest BCUT2D eigenvalue weighted by molar-refractivity contribution is -0.146. The van der Waals surface area contributed by atoms with Crippen LogP contribution >= 0.6 is 0 Å². The highest BCUT2D eigenvalue weighted by Crippen LogP contribution is 2.38. The van der Waals surface area contributed by atoms with Gasteiger partial charge in [0.25, 0.3) is 0 Å². The van der Waals surface area contributed by atoms with Crippen molar-refractivity contribution < 1.29 is 14.7 Å². The van der Waals surface area contributed by atoms with E-state index in [4.69, 9.17) is 0 Å². The van der Waals surface area contributed by atoms with E-state index in [1.54, 1.807) is 0 Å². The van der Waals surface area contributed by atoms with Gasteiger partial charge in [0.05, 0.1) is 11.8 Å². The Balaban J connectivity index is 1.72. The second kappa shape index (κ2) is 7.78. The van der Waals surface area contributed by atoms with Crippen LogP contribution in [0.25, 0.3) is 0 Å². The quantitative estimate of drug-likeness (QED) is 0.702. The molecule has 3 atom stereocenters. The SMILES string of the molecule is CCC1CC(C(=O)O)C(C(=O)NCCCN2CCCC2)C1. The number of rotatable bonds is 7. The van der Waals surface area contributed by atoms with Gasteiger partial charge in [-0.1, -0.05) is 13.3 Å². The van der Waals surface area contributed by atoms with Crippen LogP contribution in [0.4, 0.5) is 0 Å². The summed E-state index contributed by atoms with van der Waals surface area (Å²) in [6, 6.07) is 0. The Morgan fingerprint density at radius 1 is 1.19 bits per heavy atom. The van der Waals surface area contributed by atoms with Crippen LogP contribution in [-0.4, -0.2) is 48.1 Å². The molecule has 2 rings (SSSR count). The molecule has 21 heavy (non-hydrogen) atoms. The number of amides is 1. The van der Waals surface area contributed by atoms with Crippen molar-refractivity contribution in [2.24, 2.45) is 17.8 Å². The summed E-state index contributed by atoms with van der Waals surface area (Å²) in [7, 11) is 0. The van der Waals surface area contributed by atoms with Gasteiger partial charge in [-0.2, -0.15) is 0 Å². The van der Waals surface area contributed by atoms with E-state index >= 15 is 0 Å². The van der Waals surface area contributed by atoms with Crippen molar-refractivity contribution in [3.63, 3.8) is 0 Å². The fourth-order valence-corrected chi connectivity index (χ4v) is 3.69. The summed E-state index contributed by atoms with van der Waals surface area (Å²) in [6.45, 7) is 6.12. The molecule has 0 radical (unpaired) electrons. The number of aliphatic carboxylic acids is 1. The molecule has 0 spiro atoms. The number of nitrogens with zero attached hydrogens (tertiary/aromatic N) is 1. The van der Waals surface area contributed by atoms with Crippen LogP contribution in [0.2, 0.25) is 0 Å². The summed E-state index contributed by atoms with van der Waals surface area (Å²) in [5.41, 5.74) is 0. The molecular weight excluding hydrogens is 268 g/mol. The lowest BCUT2D eigenvalue weighted by Gasteiger charge is -2.17. The van der Waals surface area contributed by atoms with E-state index in [2.05, 4.69) is 17.1 Å². The van der Waals surface area contributed by atoms with Crippen LogP contribution in [-0.2, 0) is 9.59 Å². The fraction of sp³-hybridized carbons (Fsp3) is 0.875. The van der Waals surface area contributed by atoms with Crippen molar-refractivity contribution in [2.75, 3.05) is 26.2 Å². The van der Waals surface area contributed by atoms with E-state index in [1.807, 2.05) is 0 Å². The maximum absolute atomic E-state index is 12.2. The molecule has 2 N–H and O–H groups in total. The van der Waals surface area contributed by atoms with Crippen molar-refractivity contribution in [3.8, 4) is 0 Å². The molecule has 0 bridgehead atoms. The Labute approximate surface area is 127 Å². The molecule has 2 aliphatic rings. The number of hydrogen-bond donors (Lipinski definition) is 2. The number of carboxylic acid groups (broad SMARTS) is 1. The molecule has 0 aromatic carbocycles. The molecule has 1 heterocycles. The topological polar surface area (TPSA) is 69.6 Å². The zero-order valence-corrected chi connectivity index (χ0v) is 13.0. The van der Waals surface area contributed by atoms with Gasteiger partial charge in [0.2, 0.25) is 5.91 Å². The lowest BCUT2D eigenvalue weighted by atomic mass is 9.95. The number of carbonyl (C=O) groups excluding carboxylic acids is 1. The van der Waals surface area contributed by atoms with Crippen LogP contribution in [0.15, 0.2) is 0 Å². The molecule has 120 valence electrons. The summed E-state index contributed by atoms with van der Waals surface area (Å²) >= 11 is 0. The molecule has 3 unspecified atom stereocenters. The van der Waals surface area contributed by atoms with Crippen LogP contribution < -0.4 is 5.32 Å². The van der Waals surface area contributed by atoms with E-state index in [1.165, 1.54) is 25.9 Å². The van der Waals surface area contributed by atoms with Gasteiger partial charge in [0.15, 0.2) is 0 Å². The number of carbonyl (C=O) groups is 2. The molecule has 2 fully saturated rings. The van der Waals surface area contributed by atoms with Gasteiger partial charge in [-0.05, 0) is 57.7 Å².